The van der Waals surface area contributed by atoms with Crippen LogP contribution in [0, 0.1) is 3.57 Å². The summed E-state index contributed by atoms with van der Waals surface area (Å²) in [7, 11) is 2.19. The molecule has 0 heterocycles. The number of hydrogen-bond donors (Lipinski definition) is 2. The van der Waals surface area contributed by atoms with E-state index < -0.39 is 0 Å². The smallest absolute Gasteiger partial charge is 0.0575 e. The lowest BCUT2D eigenvalue weighted by molar-refractivity contribution is 0.337. The highest BCUT2D eigenvalue weighted by Gasteiger charge is 2.25. The molecule has 0 aromatic heterocycles. The summed E-state index contributed by atoms with van der Waals surface area (Å²) in [5.41, 5.74) is 7.81. The summed E-state index contributed by atoms with van der Waals surface area (Å²) in [6.45, 7) is 2.04. The predicted molar refractivity (Wildman–Crippen MR) is 77.7 cm³/mol. The van der Waals surface area contributed by atoms with Gasteiger partial charge in [0.15, 0.2) is 0 Å². The number of rotatable bonds is 5. The second kappa shape index (κ2) is 5.23. The van der Waals surface area contributed by atoms with Crippen LogP contribution in [0.3, 0.4) is 0 Å². The van der Waals surface area contributed by atoms with Crippen LogP contribution in [-0.4, -0.2) is 31.1 Å². The Kier molecular flexibility index (Phi) is 3.91. The molecule has 1 aromatic rings. The van der Waals surface area contributed by atoms with Crippen LogP contribution in [0.2, 0.25) is 0 Å². The van der Waals surface area contributed by atoms with Crippen molar-refractivity contribution in [2.45, 2.75) is 18.9 Å². The number of anilines is 2. The maximum absolute atomic E-state index is 5.93. The molecule has 1 aliphatic rings. The Morgan fingerprint density at radius 3 is 2.88 bits per heavy atom. The number of halogens is 1. The molecule has 0 spiro atoms. The van der Waals surface area contributed by atoms with Crippen molar-refractivity contribution in [3.05, 3.63) is 21.8 Å². The Morgan fingerprint density at radius 2 is 2.25 bits per heavy atom. The third-order valence-corrected chi connectivity index (χ3v) is 3.63. The van der Waals surface area contributed by atoms with Gasteiger partial charge in [-0.3, -0.25) is 0 Å². The molecule has 0 amide bonds. The van der Waals surface area contributed by atoms with Crippen molar-refractivity contribution in [1.82, 2.24) is 4.90 Å². The first-order valence-corrected chi connectivity index (χ1v) is 6.74. The van der Waals surface area contributed by atoms with E-state index in [1.54, 1.807) is 0 Å². The standard InChI is InChI=1S/C12H18IN3/c1-16(10-3-4-10)7-6-15-12-5-2-9(13)8-11(12)14/h2,5,8,10,15H,3-4,6-7,14H2,1H3. The van der Waals surface area contributed by atoms with Crippen molar-refractivity contribution in [3.8, 4) is 0 Å². The Hall–Kier alpha value is -0.490. The van der Waals surface area contributed by atoms with Crippen LogP contribution in [0.5, 0.6) is 0 Å². The zero-order valence-electron chi connectivity index (χ0n) is 9.54. The van der Waals surface area contributed by atoms with E-state index in [2.05, 4.69) is 45.9 Å². The van der Waals surface area contributed by atoms with Gasteiger partial charge in [0.05, 0.1) is 11.4 Å². The highest BCUT2D eigenvalue weighted by Crippen LogP contribution is 2.25. The van der Waals surface area contributed by atoms with Crippen molar-refractivity contribution >= 4 is 34.0 Å². The van der Waals surface area contributed by atoms with Gasteiger partial charge in [0.2, 0.25) is 0 Å². The summed E-state index contributed by atoms with van der Waals surface area (Å²) < 4.78 is 1.18. The molecule has 2 rings (SSSR count). The molecular formula is C12H18IN3. The zero-order valence-corrected chi connectivity index (χ0v) is 11.7. The fraction of sp³-hybridized carbons (Fsp3) is 0.500. The summed E-state index contributed by atoms with van der Waals surface area (Å²) in [4.78, 5) is 2.41. The van der Waals surface area contributed by atoms with Gasteiger partial charge in [-0.2, -0.15) is 0 Å². The first-order chi connectivity index (χ1) is 7.66. The molecular weight excluding hydrogens is 313 g/mol. The minimum absolute atomic E-state index is 0.830. The number of hydrogen-bond acceptors (Lipinski definition) is 3. The van der Waals surface area contributed by atoms with E-state index in [0.717, 1.165) is 30.5 Å². The molecule has 0 saturated heterocycles. The molecule has 0 unspecified atom stereocenters. The summed E-state index contributed by atoms with van der Waals surface area (Å²) >= 11 is 2.27. The summed E-state index contributed by atoms with van der Waals surface area (Å²) in [6.07, 6.45) is 2.73. The fourth-order valence-electron chi connectivity index (χ4n) is 1.76. The second-order valence-corrected chi connectivity index (χ2v) is 5.62. The first-order valence-electron chi connectivity index (χ1n) is 5.66. The number of nitrogens with zero attached hydrogens (tertiary/aromatic N) is 1. The molecule has 0 radical (unpaired) electrons. The number of nitrogens with one attached hydrogen (secondary N) is 1. The van der Waals surface area contributed by atoms with E-state index in [-0.39, 0.29) is 0 Å². The highest BCUT2D eigenvalue weighted by atomic mass is 127. The van der Waals surface area contributed by atoms with Gasteiger partial charge < -0.3 is 16.0 Å². The lowest BCUT2D eigenvalue weighted by atomic mass is 10.2. The van der Waals surface area contributed by atoms with Crippen molar-refractivity contribution in [2.24, 2.45) is 0 Å². The van der Waals surface area contributed by atoms with Crippen LogP contribution in [-0.2, 0) is 0 Å². The average Bonchev–Trinajstić information content (AvgIpc) is 3.04. The molecule has 4 heteroatoms. The normalized spacial score (nSPS) is 15.4. The largest absolute Gasteiger partial charge is 0.397 e. The molecule has 1 fully saturated rings. The molecule has 1 aromatic carbocycles. The minimum atomic E-state index is 0.830. The molecule has 1 aliphatic carbocycles. The molecule has 1 saturated carbocycles. The molecule has 0 atom stereocenters. The molecule has 3 nitrogen and oxygen atoms in total. The van der Waals surface area contributed by atoms with Crippen LogP contribution in [0.1, 0.15) is 12.8 Å². The predicted octanol–water partition coefficient (Wildman–Crippen LogP) is 2.38. The topological polar surface area (TPSA) is 41.3 Å². The lowest BCUT2D eigenvalue weighted by Crippen LogP contribution is -2.27. The lowest BCUT2D eigenvalue weighted by Gasteiger charge is -2.17. The van der Waals surface area contributed by atoms with Crippen LogP contribution in [0.25, 0.3) is 0 Å². The van der Waals surface area contributed by atoms with Gasteiger partial charge in [0, 0.05) is 22.7 Å². The first kappa shape index (κ1) is 12.0. The summed E-state index contributed by atoms with van der Waals surface area (Å²) in [5, 5.41) is 3.38. The van der Waals surface area contributed by atoms with E-state index in [1.165, 1.54) is 16.4 Å². The van der Waals surface area contributed by atoms with Gasteiger partial charge in [-0.1, -0.05) is 0 Å². The van der Waals surface area contributed by atoms with E-state index >= 15 is 0 Å². The van der Waals surface area contributed by atoms with E-state index in [0.29, 0.717) is 0 Å². The number of nitrogens with two attached hydrogens (primary N) is 1. The van der Waals surface area contributed by atoms with Gasteiger partial charge in [-0.15, -0.1) is 0 Å². The zero-order chi connectivity index (χ0) is 11.5. The molecule has 16 heavy (non-hydrogen) atoms. The Bertz CT molecular complexity index is 363. The monoisotopic (exact) mass is 331 g/mol. The number of likely N-dealkylation sites (N-methyl/N-ethyl adjacent to an activating group) is 1. The van der Waals surface area contributed by atoms with Crippen LogP contribution in [0.15, 0.2) is 18.2 Å². The van der Waals surface area contributed by atoms with E-state index in [1.807, 2.05) is 12.1 Å². The van der Waals surface area contributed by atoms with Crippen LogP contribution < -0.4 is 11.1 Å². The fourth-order valence-corrected chi connectivity index (χ4v) is 2.27. The molecule has 3 N–H and O–H groups in total. The SMILES string of the molecule is CN(CCNc1ccc(I)cc1N)C1CC1. The summed E-state index contributed by atoms with van der Waals surface area (Å²) in [5.74, 6) is 0. The summed E-state index contributed by atoms with van der Waals surface area (Å²) in [6, 6.07) is 6.95. The number of benzene rings is 1. The molecule has 88 valence electrons. The molecule has 0 bridgehead atoms. The van der Waals surface area contributed by atoms with Gasteiger partial charge in [0.1, 0.15) is 0 Å². The third-order valence-electron chi connectivity index (χ3n) is 2.96. The highest BCUT2D eigenvalue weighted by molar-refractivity contribution is 14.1. The van der Waals surface area contributed by atoms with E-state index in [4.69, 9.17) is 5.73 Å². The third kappa shape index (κ3) is 3.25. The van der Waals surface area contributed by atoms with Crippen LogP contribution in [0.4, 0.5) is 11.4 Å². The van der Waals surface area contributed by atoms with Crippen molar-refractivity contribution < 1.29 is 0 Å². The van der Waals surface area contributed by atoms with Gasteiger partial charge in [0.25, 0.3) is 0 Å². The minimum Gasteiger partial charge on any atom is -0.397 e. The Morgan fingerprint density at radius 1 is 1.50 bits per heavy atom. The average molecular weight is 331 g/mol. The van der Waals surface area contributed by atoms with Gasteiger partial charge in [-0.25, -0.2) is 0 Å². The Balaban J connectivity index is 1.80. The maximum atomic E-state index is 5.93. The second-order valence-electron chi connectivity index (χ2n) is 4.37. The quantitative estimate of drug-likeness (QED) is 0.643. The maximum Gasteiger partial charge on any atom is 0.0575 e. The van der Waals surface area contributed by atoms with Crippen molar-refractivity contribution in [1.29, 1.82) is 0 Å². The van der Waals surface area contributed by atoms with Gasteiger partial charge in [-0.05, 0) is 60.7 Å². The molecule has 0 aliphatic heterocycles. The van der Waals surface area contributed by atoms with E-state index in [9.17, 15) is 0 Å². The van der Waals surface area contributed by atoms with Crippen molar-refractivity contribution in [3.63, 3.8) is 0 Å². The van der Waals surface area contributed by atoms with Crippen molar-refractivity contribution in [2.75, 3.05) is 31.2 Å². The van der Waals surface area contributed by atoms with Gasteiger partial charge >= 0.3 is 0 Å². The Labute approximate surface area is 111 Å². The van der Waals surface area contributed by atoms with Crippen LogP contribution >= 0.6 is 22.6 Å². The number of nitrogen functional groups attached to an aromatic ring is 1.